The van der Waals surface area contributed by atoms with E-state index in [4.69, 9.17) is 9.84 Å². The summed E-state index contributed by atoms with van der Waals surface area (Å²) in [5.74, 6) is -0.0138. The quantitative estimate of drug-likeness (QED) is 0.565. The van der Waals surface area contributed by atoms with Gasteiger partial charge in [-0.3, -0.25) is 4.79 Å². The van der Waals surface area contributed by atoms with Gasteiger partial charge in [0, 0.05) is 19.2 Å². The Bertz CT molecular complexity index is 193. The van der Waals surface area contributed by atoms with Crippen molar-refractivity contribution in [3.63, 3.8) is 0 Å². The molecule has 88 valence electrons. The molecular weight excluding hydrogens is 196 g/mol. The summed E-state index contributed by atoms with van der Waals surface area (Å²) in [5.41, 5.74) is 0. The third-order valence-corrected chi connectivity index (χ3v) is 2.42. The summed E-state index contributed by atoms with van der Waals surface area (Å²) >= 11 is 0. The molecule has 1 aliphatic rings. The smallest absolute Gasteiger partial charge is 0.239 e. The van der Waals surface area contributed by atoms with E-state index in [1.165, 1.54) is 0 Å². The van der Waals surface area contributed by atoms with Crippen molar-refractivity contribution < 1.29 is 14.6 Å². The van der Waals surface area contributed by atoms with Crippen LogP contribution in [-0.4, -0.2) is 49.5 Å². The Balaban J connectivity index is 2.21. The summed E-state index contributed by atoms with van der Waals surface area (Å²) in [6.45, 7) is 3.95. The molecule has 1 rings (SSSR count). The van der Waals surface area contributed by atoms with Gasteiger partial charge in [0.2, 0.25) is 5.91 Å². The Morgan fingerprint density at radius 1 is 1.73 bits per heavy atom. The van der Waals surface area contributed by atoms with Crippen LogP contribution in [0.1, 0.15) is 19.8 Å². The fraction of sp³-hybridized carbons (Fsp3) is 0.900. The molecule has 1 fully saturated rings. The first-order chi connectivity index (χ1) is 7.24. The first kappa shape index (κ1) is 12.4. The fourth-order valence-electron chi connectivity index (χ4n) is 1.55. The number of nitrogens with one attached hydrogen (secondary N) is 2. The van der Waals surface area contributed by atoms with E-state index in [1.807, 2.05) is 6.92 Å². The summed E-state index contributed by atoms with van der Waals surface area (Å²) in [7, 11) is 0. The maximum Gasteiger partial charge on any atom is 0.239 e. The summed E-state index contributed by atoms with van der Waals surface area (Å²) in [5, 5.41) is 14.6. The van der Waals surface area contributed by atoms with Crippen molar-refractivity contribution >= 4 is 5.91 Å². The molecule has 2 atom stereocenters. The third kappa shape index (κ3) is 4.59. The monoisotopic (exact) mass is 216 g/mol. The molecule has 1 heterocycles. The third-order valence-electron chi connectivity index (χ3n) is 2.42. The lowest BCUT2D eigenvalue weighted by atomic mass is 10.1. The van der Waals surface area contributed by atoms with Crippen molar-refractivity contribution in [3.05, 3.63) is 0 Å². The lowest BCUT2D eigenvalue weighted by molar-refractivity contribution is -0.126. The molecule has 1 aliphatic heterocycles. The molecule has 2 unspecified atom stereocenters. The van der Waals surface area contributed by atoms with Crippen LogP contribution in [0.5, 0.6) is 0 Å². The second kappa shape index (κ2) is 6.76. The molecule has 15 heavy (non-hydrogen) atoms. The van der Waals surface area contributed by atoms with E-state index in [-0.39, 0.29) is 24.6 Å². The van der Waals surface area contributed by atoms with Gasteiger partial charge in [0.25, 0.3) is 0 Å². The van der Waals surface area contributed by atoms with Crippen LogP contribution in [0.25, 0.3) is 0 Å². The van der Waals surface area contributed by atoms with Crippen molar-refractivity contribution in [2.45, 2.75) is 31.8 Å². The highest BCUT2D eigenvalue weighted by atomic mass is 16.5. The second-order valence-electron chi connectivity index (χ2n) is 3.86. The van der Waals surface area contributed by atoms with Gasteiger partial charge in [0.05, 0.1) is 13.2 Å². The minimum atomic E-state index is -0.227. The topological polar surface area (TPSA) is 70.6 Å². The number of aliphatic hydroxyl groups is 1. The van der Waals surface area contributed by atoms with Crippen LogP contribution in [0.4, 0.5) is 0 Å². The van der Waals surface area contributed by atoms with Crippen molar-refractivity contribution in [1.82, 2.24) is 10.6 Å². The zero-order valence-corrected chi connectivity index (χ0v) is 9.16. The van der Waals surface area contributed by atoms with Crippen molar-refractivity contribution in [2.24, 2.45) is 0 Å². The van der Waals surface area contributed by atoms with E-state index in [1.54, 1.807) is 0 Å². The summed E-state index contributed by atoms with van der Waals surface area (Å²) in [6, 6.07) is -0.122. The maximum absolute atomic E-state index is 11.7. The molecule has 5 nitrogen and oxygen atoms in total. The lowest BCUT2D eigenvalue weighted by Crippen LogP contribution is -2.52. The van der Waals surface area contributed by atoms with Crippen LogP contribution in [-0.2, 0) is 9.53 Å². The first-order valence-electron chi connectivity index (χ1n) is 5.46. The van der Waals surface area contributed by atoms with Crippen molar-refractivity contribution in [1.29, 1.82) is 0 Å². The molecule has 0 spiro atoms. The molecule has 1 amide bonds. The van der Waals surface area contributed by atoms with Crippen LogP contribution in [0.3, 0.4) is 0 Å². The number of rotatable bonds is 5. The molecule has 3 N–H and O–H groups in total. The number of amides is 1. The molecule has 5 heteroatoms. The summed E-state index contributed by atoms with van der Waals surface area (Å²) < 4.78 is 5.20. The SMILES string of the molecule is CC(CCCO)NC(=O)C1COCCN1. The minimum Gasteiger partial charge on any atom is -0.396 e. The normalized spacial score (nSPS) is 23.5. The minimum absolute atomic E-state index is 0.0138. The van der Waals surface area contributed by atoms with E-state index >= 15 is 0 Å². The highest BCUT2D eigenvalue weighted by molar-refractivity contribution is 5.82. The van der Waals surface area contributed by atoms with Crippen LogP contribution in [0.2, 0.25) is 0 Å². The largest absolute Gasteiger partial charge is 0.396 e. The van der Waals surface area contributed by atoms with E-state index in [9.17, 15) is 4.79 Å². The molecule has 0 aliphatic carbocycles. The Labute approximate surface area is 90.2 Å². The van der Waals surface area contributed by atoms with Gasteiger partial charge < -0.3 is 20.5 Å². The van der Waals surface area contributed by atoms with Crippen LogP contribution >= 0.6 is 0 Å². The molecule has 1 saturated heterocycles. The van der Waals surface area contributed by atoms with Crippen LogP contribution in [0, 0.1) is 0 Å². The Hall–Kier alpha value is -0.650. The summed E-state index contributed by atoms with van der Waals surface area (Å²) in [4.78, 5) is 11.7. The molecule has 0 radical (unpaired) electrons. The Kier molecular flexibility index (Phi) is 5.60. The van der Waals surface area contributed by atoms with E-state index in [0.29, 0.717) is 13.2 Å². The predicted octanol–water partition coefficient (Wildman–Crippen LogP) is -0.748. The molecule has 0 aromatic carbocycles. The first-order valence-corrected chi connectivity index (χ1v) is 5.46. The molecule has 0 bridgehead atoms. The maximum atomic E-state index is 11.7. The van der Waals surface area contributed by atoms with Gasteiger partial charge in [0.1, 0.15) is 6.04 Å². The van der Waals surface area contributed by atoms with E-state index in [2.05, 4.69) is 10.6 Å². The molecule has 0 aromatic rings. The average Bonchev–Trinajstić information content (AvgIpc) is 2.27. The number of aliphatic hydroxyl groups excluding tert-OH is 1. The number of ether oxygens (including phenoxy) is 1. The van der Waals surface area contributed by atoms with Gasteiger partial charge in [-0.1, -0.05) is 0 Å². The van der Waals surface area contributed by atoms with Crippen molar-refractivity contribution in [3.8, 4) is 0 Å². The molecule has 0 aromatic heterocycles. The highest BCUT2D eigenvalue weighted by Crippen LogP contribution is 1.98. The van der Waals surface area contributed by atoms with Crippen molar-refractivity contribution in [2.75, 3.05) is 26.4 Å². The zero-order valence-electron chi connectivity index (χ0n) is 9.16. The standard InChI is InChI=1S/C10H20N2O3/c1-8(3-2-5-13)12-10(14)9-7-15-6-4-11-9/h8-9,11,13H,2-7H2,1H3,(H,12,14). The summed E-state index contributed by atoms with van der Waals surface area (Å²) in [6.07, 6.45) is 1.52. The number of hydrogen-bond donors (Lipinski definition) is 3. The van der Waals surface area contributed by atoms with Gasteiger partial charge in [-0.15, -0.1) is 0 Å². The van der Waals surface area contributed by atoms with Crippen LogP contribution in [0.15, 0.2) is 0 Å². The van der Waals surface area contributed by atoms with E-state index < -0.39 is 0 Å². The van der Waals surface area contributed by atoms with Gasteiger partial charge >= 0.3 is 0 Å². The van der Waals surface area contributed by atoms with E-state index in [0.717, 1.165) is 19.4 Å². The van der Waals surface area contributed by atoms with Gasteiger partial charge in [-0.2, -0.15) is 0 Å². The zero-order chi connectivity index (χ0) is 11.1. The van der Waals surface area contributed by atoms with Gasteiger partial charge in [0.15, 0.2) is 0 Å². The number of morpholine rings is 1. The Morgan fingerprint density at radius 3 is 3.13 bits per heavy atom. The predicted molar refractivity (Wildman–Crippen MR) is 56.5 cm³/mol. The molecular formula is C10H20N2O3. The van der Waals surface area contributed by atoms with Gasteiger partial charge in [-0.25, -0.2) is 0 Å². The Morgan fingerprint density at radius 2 is 2.53 bits per heavy atom. The average molecular weight is 216 g/mol. The lowest BCUT2D eigenvalue weighted by Gasteiger charge is -2.24. The second-order valence-corrected chi connectivity index (χ2v) is 3.86. The number of carbonyl (C=O) groups excluding carboxylic acids is 1. The van der Waals surface area contributed by atoms with Gasteiger partial charge in [-0.05, 0) is 19.8 Å². The highest BCUT2D eigenvalue weighted by Gasteiger charge is 2.21. The fourth-order valence-corrected chi connectivity index (χ4v) is 1.55. The number of hydrogen-bond acceptors (Lipinski definition) is 4. The number of carbonyl (C=O) groups is 1. The molecule has 0 saturated carbocycles. The van der Waals surface area contributed by atoms with Crippen LogP contribution < -0.4 is 10.6 Å².